The van der Waals surface area contributed by atoms with E-state index in [2.05, 4.69) is 16.9 Å². The SMILES string of the molecule is CCc1ccc(-c2nc(C)c(F)c(=O)[nH]2)s1. The summed E-state index contributed by atoms with van der Waals surface area (Å²) in [7, 11) is 0. The van der Waals surface area contributed by atoms with Gasteiger partial charge in [0.05, 0.1) is 10.6 Å². The molecule has 0 bridgehead atoms. The van der Waals surface area contributed by atoms with Gasteiger partial charge in [-0.25, -0.2) is 4.98 Å². The molecule has 0 saturated heterocycles. The lowest BCUT2D eigenvalue weighted by Gasteiger charge is -1.99. The number of aromatic nitrogens is 2. The fourth-order valence-corrected chi connectivity index (χ4v) is 2.28. The molecule has 1 N–H and O–H groups in total. The molecular formula is C11H11FN2OS. The van der Waals surface area contributed by atoms with E-state index in [0.29, 0.717) is 5.82 Å². The quantitative estimate of drug-likeness (QED) is 0.873. The van der Waals surface area contributed by atoms with Crippen molar-refractivity contribution in [2.45, 2.75) is 20.3 Å². The highest BCUT2D eigenvalue weighted by Gasteiger charge is 2.10. The second kappa shape index (κ2) is 4.17. The molecule has 2 aromatic rings. The highest BCUT2D eigenvalue weighted by atomic mass is 32.1. The molecule has 2 heterocycles. The standard InChI is InChI=1S/C11H11FN2OS/c1-3-7-4-5-8(16-7)10-13-6(2)9(12)11(15)14-10/h4-5H,3H2,1-2H3,(H,13,14,15). The van der Waals surface area contributed by atoms with Crippen molar-refractivity contribution < 1.29 is 4.39 Å². The van der Waals surface area contributed by atoms with Crippen LogP contribution in [-0.4, -0.2) is 9.97 Å². The van der Waals surface area contributed by atoms with E-state index in [0.717, 1.165) is 11.3 Å². The van der Waals surface area contributed by atoms with Crippen molar-refractivity contribution in [3.05, 3.63) is 38.9 Å². The number of H-pyrrole nitrogens is 1. The van der Waals surface area contributed by atoms with E-state index in [9.17, 15) is 9.18 Å². The van der Waals surface area contributed by atoms with Crippen LogP contribution < -0.4 is 5.56 Å². The van der Waals surface area contributed by atoms with Crippen molar-refractivity contribution in [3.8, 4) is 10.7 Å². The van der Waals surface area contributed by atoms with Gasteiger partial charge in [-0.2, -0.15) is 4.39 Å². The summed E-state index contributed by atoms with van der Waals surface area (Å²) in [6.07, 6.45) is 0.940. The van der Waals surface area contributed by atoms with Gasteiger partial charge in [0.15, 0.2) is 5.82 Å². The number of halogens is 1. The molecule has 2 aromatic heterocycles. The zero-order chi connectivity index (χ0) is 11.7. The first-order valence-corrected chi connectivity index (χ1v) is 5.79. The molecule has 0 unspecified atom stereocenters. The number of hydrogen-bond donors (Lipinski definition) is 1. The molecule has 0 aliphatic rings. The Morgan fingerprint density at radius 1 is 1.50 bits per heavy atom. The average Bonchev–Trinajstić information content (AvgIpc) is 2.73. The molecule has 0 spiro atoms. The molecule has 0 aliphatic carbocycles. The number of nitrogens with zero attached hydrogens (tertiary/aromatic N) is 1. The smallest absolute Gasteiger partial charge is 0.287 e. The maximum atomic E-state index is 13.1. The first-order chi connectivity index (χ1) is 7.61. The maximum absolute atomic E-state index is 13.1. The Hall–Kier alpha value is -1.49. The summed E-state index contributed by atoms with van der Waals surface area (Å²) in [6, 6.07) is 3.87. The van der Waals surface area contributed by atoms with Crippen molar-refractivity contribution >= 4 is 11.3 Å². The molecule has 0 radical (unpaired) electrons. The van der Waals surface area contributed by atoms with Crippen molar-refractivity contribution in [1.82, 2.24) is 9.97 Å². The van der Waals surface area contributed by atoms with Crippen LogP contribution in [0.3, 0.4) is 0 Å². The number of thiophene rings is 1. The predicted molar refractivity (Wildman–Crippen MR) is 62.2 cm³/mol. The maximum Gasteiger partial charge on any atom is 0.287 e. The summed E-state index contributed by atoms with van der Waals surface area (Å²) in [4.78, 5) is 19.8. The molecule has 2 rings (SSSR count). The van der Waals surface area contributed by atoms with Crippen LogP contribution in [0, 0.1) is 12.7 Å². The number of aromatic amines is 1. The van der Waals surface area contributed by atoms with Gasteiger partial charge < -0.3 is 4.98 Å². The largest absolute Gasteiger partial charge is 0.303 e. The Morgan fingerprint density at radius 3 is 2.81 bits per heavy atom. The van der Waals surface area contributed by atoms with Crippen LogP contribution in [-0.2, 0) is 6.42 Å². The van der Waals surface area contributed by atoms with Gasteiger partial charge in [0.2, 0.25) is 5.82 Å². The van der Waals surface area contributed by atoms with Gasteiger partial charge in [0, 0.05) is 4.88 Å². The van der Waals surface area contributed by atoms with Gasteiger partial charge in [0.25, 0.3) is 5.56 Å². The Morgan fingerprint density at radius 2 is 2.25 bits per heavy atom. The van der Waals surface area contributed by atoms with Gasteiger partial charge in [-0.3, -0.25) is 4.79 Å². The van der Waals surface area contributed by atoms with E-state index in [1.165, 1.54) is 11.8 Å². The fourth-order valence-electron chi connectivity index (χ4n) is 1.38. The molecular weight excluding hydrogens is 227 g/mol. The summed E-state index contributed by atoms with van der Waals surface area (Å²) < 4.78 is 13.1. The molecule has 0 aliphatic heterocycles. The number of hydrogen-bond acceptors (Lipinski definition) is 3. The lowest BCUT2D eigenvalue weighted by atomic mass is 10.3. The van der Waals surface area contributed by atoms with Crippen LogP contribution in [0.15, 0.2) is 16.9 Å². The van der Waals surface area contributed by atoms with Crippen LogP contribution in [0.25, 0.3) is 10.7 Å². The second-order valence-corrected chi connectivity index (χ2v) is 4.60. The van der Waals surface area contributed by atoms with Crippen molar-refractivity contribution in [2.75, 3.05) is 0 Å². The number of nitrogens with one attached hydrogen (secondary N) is 1. The minimum atomic E-state index is -0.809. The van der Waals surface area contributed by atoms with E-state index < -0.39 is 11.4 Å². The zero-order valence-corrected chi connectivity index (χ0v) is 9.82. The van der Waals surface area contributed by atoms with Crippen LogP contribution in [0.1, 0.15) is 17.5 Å². The van der Waals surface area contributed by atoms with Crippen LogP contribution >= 0.6 is 11.3 Å². The minimum Gasteiger partial charge on any atom is -0.303 e. The van der Waals surface area contributed by atoms with Gasteiger partial charge in [-0.1, -0.05) is 6.92 Å². The Kier molecular flexibility index (Phi) is 2.87. The van der Waals surface area contributed by atoms with E-state index in [4.69, 9.17) is 0 Å². The molecule has 0 aromatic carbocycles. The predicted octanol–water partition coefficient (Wildman–Crippen LogP) is 2.51. The van der Waals surface area contributed by atoms with Gasteiger partial charge >= 0.3 is 0 Å². The molecule has 3 nitrogen and oxygen atoms in total. The molecule has 84 valence electrons. The third-order valence-electron chi connectivity index (χ3n) is 2.27. The summed E-state index contributed by atoms with van der Waals surface area (Å²) in [5.41, 5.74) is -0.584. The topological polar surface area (TPSA) is 45.8 Å². The first kappa shape index (κ1) is 11.0. The van der Waals surface area contributed by atoms with Crippen LogP contribution in [0.4, 0.5) is 4.39 Å². The molecule has 16 heavy (non-hydrogen) atoms. The lowest BCUT2D eigenvalue weighted by molar-refractivity contribution is 0.589. The van der Waals surface area contributed by atoms with Crippen molar-refractivity contribution in [1.29, 1.82) is 0 Å². The van der Waals surface area contributed by atoms with Gasteiger partial charge in [-0.15, -0.1) is 11.3 Å². The van der Waals surface area contributed by atoms with E-state index >= 15 is 0 Å². The monoisotopic (exact) mass is 238 g/mol. The summed E-state index contributed by atoms with van der Waals surface area (Å²) in [5.74, 6) is -0.371. The normalized spacial score (nSPS) is 10.7. The van der Waals surface area contributed by atoms with E-state index in [1.807, 2.05) is 12.1 Å². The summed E-state index contributed by atoms with van der Waals surface area (Å²) >= 11 is 1.55. The highest BCUT2D eigenvalue weighted by Crippen LogP contribution is 2.25. The molecule has 0 atom stereocenters. The number of aryl methyl sites for hydroxylation is 2. The fraction of sp³-hybridized carbons (Fsp3) is 0.273. The highest BCUT2D eigenvalue weighted by molar-refractivity contribution is 7.15. The number of rotatable bonds is 2. The Balaban J connectivity index is 2.52. The van der Waals surface area contributed by atoms with E-state index in [-0.39, 0.29) is 5.69 Å². The third kappa shape index (κ3) is 1.90. The average molecular weight is 238 g/mol. The first-order valence-electron chi connectivity index (χ1n) is 4.97. The molecule has 0 saturated carbocycles. The minimum absolute atomic E-state index is 0.130. The zero-order valence-electron chi connectivity index (χ0n) is 9.00. The van der Waals surface area contributed by atoms with Crippen molar-refractivity contribution in [2.24, 2.45) is 0 Å². The molecule has 0 fully saturated rings. The van der Waals surface area contributed by atoms with Gasteiger partial charge in [0.1, 0.15) is 0 Å². The lowest BCUT2D eigenvalue weighted by Crippen LogP contribution is -2.15. The van der Waals surface area contributed by atoms with Gasteiger partial charge in [-0.05, 0) is 25.5 Å². The summed E-state index contributed by atoms with van der Waals surface area (Å²) in [6.45, 7) is 3.55. The third-order valence-corrected chi connectivity index (χ3v) is 3.51. The molecule has 0 amide bonds. The van der Waals surface area contributed by atoms with Crippen molar-refractivity contribution in [3.63, 3.8) is 0 Å². The van der Waals surface area contributed by atoms with Crippen LogP contribution in [0.5, 0.6) is 0 Å². The van der Waals surface area contributed by atoms with E-state index in [1.54, 1.807) is 11.3 Å². The van der Waals surface area contributed by atoms with Crippen LogP contribution in [0.2, 0.25) is 0 Å². The molecule has 5 heteroatoms. The Labute approximate surface area is 96.0 Å². The summed E-state index contributed by atoms with van der Waals surface area (Å²) in [5, 5.41) is 0. The Bertz CT molecular complexity index is 574. The second-order valence-electron chi connectivity index (χ2n) is 3.43.